The molecule has 0 aliphatic heterocycles. The van der Waals surface area contributed by atoms with Crippen molar-refractivity contribution in [3.05, 3.63) is 23.8 Å². The van der Waals surface area contributed by atoms with E-state index in [4.69, 9.17) is 39.5 Å². The van der Waals surface area contributed by atoms with Crippen LogP contribution in [0.5, 0.6) is 5.75 Å². The summed E-state index contributed by atoms with van der Waals surface area (Å²) in [7, 11) is 0. The zero-order valence-electron chi connectivity index (χ0n) is 10.0. The molecular weight excluding hydrogens is 341 g/mol. The van der Waals surface area contributed by atoms with Gasteiger partial charge < -0.3 is 10.1 Å². The summed E-state index contributed by atoms with van der Waals surface area (Å²) in [6.45, 7) is 1.63. The third-order valence-corrected chi connectivity index (χ3v) is 2.62. The van der Waals surface area contributed by atoms with Gasteiger partial charge in [-0.3, -0.25) is 4.79 Å². The van der Waals surface area contributed by atoms with Crippen LogP contribution in [0, 0.1) is 0 Å². The minimum Gasteiger partial charge on any atom is -0.493 e. The Labute approximate surface area is 127 Å². The lowest BCUT2D eigenvalue weighted by atomic mass is 10.1. The monoisotopic (exact) mass is 349 g/mol. The number of benzene rings is 1. The number of carbonyl (C=O) groups excluding carboxylic acids is 1. The van der Waals surface area contributed by atoms with Gasteiger partial charge in [-0.15, -0.1) is 0 Å². The molecule has 0 radical (unpaired) electrons. The Morgan fingerprint density at radius 1 is 1.30 bits per heavy atom. The topological polar surface area (TPSA) is 38.3 Å². The molecule has 1 rings (SSSR count). The van der Waals surface area contributed by atoms with E-state index in [9.17, 15) is 18.0 Å². The molecule has 0 aliphatic rings. The molecule has 0 unspecified atom stereocenters. The van der Waals surface area contributed by atoms with Crippen molar-refractivity contribution in [1.82, 2.24) is 0 Å². The van der Waals surface area contributed by atoms with Crippen molar-refractivity contribution in [2.45, 2.75) is 16.9 Å². The summed E-state index contributed by atoms with van der Waals surface area (Å²) in [5.41, 5.74) is -1.18. The first-order valence-electron chi connectivity index (χ1n) is 5.28. The number of ether oxygens (including phenoxy) is 1. The Morgan fingerprint density at radius 3 is 2.35 bits per heavy atom. The molecule has 1 amide bonds. The van der Waals surface area contributed by atoms with Gasteiger partial charge in [-0.2, -0.15) is 13.2 Å². The summed E-state index contributed by atoms with van der Waals surface area (Å²) in [5.74, 6) is -1.40. The van der Waals surface area contributed by atoms with Gasteiger partial charge in [0.25, 0.3) is 9.70 Å². The summed E-state index contributed by atoms with van der Waals surface area (Å²) < 4.78 is 41.2. The maximum absolute atomic E-state index is 12.9. The van der Waals surface area contributed by atoms with Crippen molar-refractivity contribution in [1.29, 1.82) is 0 Å². The lowest BCUT2D eigenvalue weighted by Crippen LogP contribution is -2.27. The standard InChI is InChI=1S/C11H9Cl3F3NO2/c1-2-20-8-4-3-6(5-7(8)11(15,16)17)18-9(19)10(12,13)14/h3-5H,2H2,1H3,(H,18,19). The SMILES string of the molecule is CCOc1ccc(NC(=O)C(Cl)(Cl)Cl)cc1C(F)(F)F. The quantitative estimate of drug-likeness (QED) is 0.820. The first-order chi connectivity index (χ1) is 9.05. The fourth-order valence-electron chi connectivity index (χ4n) is 1.31. The van der Waals surface area contributed by atoms with Gasteiger partial charge in [0, 0.05) is 5.69 Å². The number of halogens is 6. The van der Waals surface area contributed by atoms with Crippen molar-refractivity contribution < 1.29 is 22.7 Å². The molecule has 0 aliphatic carbocycles. The normalized spacial score (nSPS) is 12.2. The predicted octanol–water partition coefficient (Wildman–Crippen LogP) is 4.41. The molecule has 0 bridgehead atoms. The zero-order valence-corrected chi connectivity index (χ0v) is 12.3. The van der Waals surface area contributed by atoms with Crippen LogP contribution in [0.15, 0.2) is 18.2 Å². The molecule has 20 heavy (non-hydrogen) atoms. The maximum Gasteiger partial charge on any atom is 0.420 e. The van der Waals surface area contributed by atoms with Crippen LogP contribution in [-0.2, 0) is 11.0 Å². The fourth-order valence-corrected chi connectivity index (χ4v) is 1.45. The van der Waals surface area contributed by atoms with Crippen LogP contribution < -0.4 is 10.1 Å². The molecular formula is C11H9Cl3F3NO2. The van der Waals surface area contributed by atoms with Gasteiger partial charge in [0.15, 0.2) is 0 Å². The molecule has 0 aromatic heterocycles. The van der Waals surface area contributed by atoms with Crippen molar-refractivity contribution >= 4 is 46.4 Å². The molecule has 9 heteroatoms. The fraction of sp³-hybridized carbons (Fsp3) is 0.364. The van der Waals surface area contributed by atoms with Crippen LogP contribution in [0.3, 0.4) is 0 Å². The van der Waals surface area contributed by atoms with Gasteiger partial charge in [-0.1, -0.05) is 34.8 Å². The number of nitrogens with one attached hydrogen (secondary N) is 1. The van der Waals surface area contributed by atoms with E-state index < -0.39 is 21.4 Å². The largest absolute Gasteiger partial charge is 0.493 e. The highest BCUT2D eigenvalue weighted by atomic mass is 35.6. The number of alkyl halides is 6. The van der Waals surface area contributed by atoms with E-state index in [0.29, 0.717) is 6.07 Å². The Morgan fingerprint density at radius 2 is 1.90 bits per heavy atom. The van der Waals surface area contributed by atoms with Gasteiger partial charge in [-0.05, 0) is 25.1 Å². The van der Waals surface area contributed by atoms with Gasteiger partial charge in [0.2, 0.25) is 0 Å². The number of carbonyl (C=O) groups is 1. The van der Waals surface area contributed by atoms with E-state index in [0.717, 1.165) is 6.07 Å². The average molecular weight is 351 g/mol. The lowest BCUT2D eigenvalue weighted by Gasteiger charge is -2.16. The molecule has 0 fully saturated rings. The van der Waals surface area contributed by atoms with E-state index in [1.807, 2.05) is 0 Å². The molecule has 0 atom stereocenters. The van der Waals surface area contributed by atoms with Gasteiger partial charge in [-0.25, -0.2) is 0 Å². The van der Waals surface area contributed by atoms with E-state index >= 15 is 0 Å². The number of rotatable bonds is 3. The molecule has 1 N–H and O–H groups in total. The summed E-state index contributed by atoms with van der Waals surface area (Å²) in [4.78, 5) is 11.4. The minimum atomic E-state index is -4.63. The Kier molecular flexibility index (Phi) is 5.40. The van der Waals surface area contributed by atoms with Gasteiger partial charge in [0.05, 0.1) is 12.2 Å². The Hall–Kier alpha value is -0.850. The summed E-state index contributed by atoms with van der Waals surface area (Å²) >= 11 is 15.9. The molecule has 0 saturated heterocycles. The minimum absolute atomic E-state index is 0.0724. The van der Waals surface area contributed by atoms with Crippen molar-refractivity contribution in [2.24, 2.45) is 0 Å². The highest BCUT2D eigenvalue weighted by Gasteiger charge is 2.36. The molecule has 0 spiro atoms. The van der Waals surface area contributed by atoms with Crippen LogP contribution in [-0.4, -0.2) is 16.3 Å². The number of amides is 1. The third kappa shape index (κ3) is 4.61. The second-order valence-corrected chi connectivity index (χ2v) is 5.87. The first kappa shape index (κ1) is 17.2. The van der Waals surface area contributed by atoms with Crippen molar-refractivity contribution in [3.8, 4) is 5.75 Å². The molecule has 0 heterocycles. The Balaban J connectivity index is 3.10. The molecule has 1 aromatic carbocycles. The molecule has 1 aromatic rings. The molecule has 0 saturated carbocycles. The smallest absolute Gasteiger partial charge is 0.420 e. The number of hydrogen-bond acceptors (Lipinski definition) is 2. The number of anilines is 1. The van der Waals surface area contributed by atoms with Gasteiger partial charge >= 0.3 is 6.18 Å². The second kappa shape index (κ2) is 6.28. The summed E-state index contributed by atoms with van der Waals surface area (Å²) in [6, 6.07) is 3.01. The third-order valence-electron chi connectivity index (χ3n) is 2.10. The lowest BCUT2D eigenvalue weighted by molar-refractivity contribution is -0.138. The number of hydrogen-bond donors (Lipinski definition) is 1. The van der Waals surface area contributed by atoms with Crippen LogP contribution >= 0.6 is 34.8 Å². The van der Waals surface area contributed by atoms with Crippen LogP contribution in [0.1, 0.15) is 12.5 Å². The van der Waals surface area contributed by atoms with Crippen molar-refractivity contribution in [3.63, 3.8) is 0 Å². The van der Waals surface area contributed by atoms with Crippen molar-refractivity contribution in [2.75, 3.05) is 11.9 Å². The Bertz CT molecular complexity index is 501. The van der Waals surface area contributed by atoms with Gasteiger partial charge in [0.1, 0.15) is 5.75 Å². The van der Waals surface area contributed by atoms with E-state index in [1.165, 1.54) is 6.07 Å². The second-order valence-electron chi connectivity index (χ2n) is 3.59. The molecule has 112 valence electrons. The first-order valence-corrected chi connectivity index (χ1v) is 6.41. The average Bonchev–Trinajstić information content (AvgIpc) is 2.28. The maximum atomic E-state index is 12.9. The van der Waals surface area contributed by atoms with Crippen LogP contribution in [0.4, 0.5) is 18.9 Å². The summed E-state index contributed by atoms with van der Waals surface area (Å²) in [6.07, 6.45) is -4.63. The van der Waals surface area contributed by atoms with E-state index in [1.54, 1.807) is 6.92 Å². The highest BCUT2D eigenvalue weighted by molar-refractivity contribution is 6.76. The predicted molar refractivity (Wildman–Crippen MR) is 71.5 cm³/mol. The molecule has 3 nitrogen and oxygen atoms in total. The van der Waals surface area contributed by atoms with Crippen LogP contribution in [0.25, 0.3) is 0 Å². The van der Waals surface area contributed by atoms with Crippen LogP contribution in [0.2, 0.25) is 0 Å². The highest BCUT2D eigenvalue weighted by Crippen LogP contribution is 2.38. The van der Waals surface area contributed by atoms with E-state index in [2.05, 4.69) is 5.32 Å². The van der Waals surface area contributed by atoms with E-state index in [-0.39, 0.29) is 18.0 Å². The zero-order chi connectivity index (χ0) is 15.6. The summed E-state index contributed by atoms with van der Waals surface area (Å²) in [5, 5.41) is 2.07.